The summed E-state index contributed by atoms with van der Waals surface area (Å²) < 4.78 is 18.5. The predicted octanol–water partition coefficient (Wildman–Crippen LogP) is 5.25. The lowest BCUT2D eigenvalue weighted by atomic mass is 10.2. The van der Waals surface area contributed by atoms with E-state index in [0.29, 0.717) is 18.9 Å². The van der Waals surface area contributed by atoms with E-state index >= 15 is 0 Å². The Balaban J connectivity index is 1.24. The Labute approximate surface area is 199 Å². The molecular weight excluding hydrogens is 430 g/mol. The van der Waals surface area contributed by atoms with Gasteiger partial charge in [-0.25, -0.2) is 4.98 Å². The van der Waals surface area contributed by atoms with Crippen LogP contribution in [0.2, 0.25) is 0 Å². The van der Waals surface area contributed by atoms with E-state index in [1.165, 1.54) is 6.26 Å². The third-order valence-electron chi connectivity index (χ3n) is 5.70. The van der Waals surface area contributed by atoms with Gasteiger partial charge in [-0.15, -0.1) is 0 Å². The molecule has 0 aliphatic rings. The number of aryl methyl sites for hydroxylation is 2. The van der Waals surface area contributed by atoms with Gasteiger partial charge in [0.05, 0.1) is 31.0 Å². The van der Waals surface area contributed by atoms with Crippen LogP contribution in [0.25, 0.3) is 11.0 Å². The molecular formula is C27H31N3O4. The van der Waals surface area contributed by atoms with E-state index in [1.807, 2.05) is 30.3 Å². The van der Waals surface area contributed by atoms with Crippen LogP contribution in [0, 0.1) is 0 Å². The van der Waals surface area contributed by atoms with Crippen LogP contribution < -0.4 is 14.8 Å². The van der Waals surface area contributed by atoms with Crippen LogP contribution in [-0.4, -0.2) is 35.7 Å². The first kappa shape index (κ1) is 23.4. The Kier molecular flexibility index (Phi) is 8.22. The Morgan fingerprint density at radius 3 is 2.59 bits per heavy atom. The summed E-state index contributed by atoms with van der Waals surface area (Å²) in [6.07, 6.45) is 6.25. The van der Waals surface area contributed by atoms with Crippen molar-refractivity contribution in [1.29, 1.82) is 0 Å². The lowest BCUT2D eigenvalue weighted by molar-refractivity contribution is 0.0925. The van der Waals surface area contributed by atoms with E-state index in [4.69, 9.17) is 18.9 Å². The number of fused-ring (bicyclic) bond motifs is 1. The predicted molar refractivity (Wildman–Crippen MR) is 131 cm³/mol. The maximum absolute atomic E-state index is 11.9. The molecule has 0 atom stereocenters. The highest BCUT2D eigenvalue weighted by atomic mass is 16.5. The number of carbonyl (C=O) groups excluding carboxylic acids is 1. The number of hydrogen-bond acceptors (Lipinski definition) is 5. The summed E-state index contributed by atoms with van der Waals surface area (Å²) in [5.74, 6) is 2.95. The summed E-state index contributed by atoms with van der Waals surface area (Å²) in [5, 5.41) is 2.90. The van der Waals surface area contributed by atoms with Gasteiger partial charge in [0, 0.05) is 19.5 Å². The van der Waals surface area contributed by atoms with Crippen molar-refractivity contribution in [2.24, 2.45) is 0 Å². The molecule has 0 radical (unpaired) electrons. The molecule has 0 bridgehead atoms. The quantitative estimate of drug-likeness (QED) is 0.275. The molecule has 0 saturated heterocycles. The fourth-order valence-corrected chi connectivity index (χ4v) is 3.93. The molecule has 1 N–H and O–H groups in total. The largest absolute Gasteiger partial charge is 0.497 e. The standard InChI is InChI=1S/C27H31N3O4/c1-32-21-13-15-22(16-14-21)33-20-8-18-30-24-10-5-4-9-23(24)29-26(30)12-3-2-6-17-28-27(31)25-11-7-19-34-25/h4-5,7,9-11,13-16,19H,2-3,6,8,12,17-18,20H2,1H3,(H,28,31). The third-order valence-corrected chi connectivity index (χ3v) is 5.70. The number of para-hydroxylation sites is 2. The number of imidazole rings is 1. The fraction of sp³-hybridized carbons (Fsp3) is 0.333. The van der Waals surface area contributed by atoms with E-state index in [-0.39, 0.29) is 5.91 Å². The highest BCUT2D eigenvalue weighted by Gasteiger charge is 2.11. The van der Waals surface area contributed by atoms with Gasteiger partial charge < -0.3 is 23.8 Å². The van der Waals surface area contributed by atoms with Crippen molar-refractivity contribution < 1.29 is 18.7 Å². The first-order valence-corrected chi connectivity index (χ1v) is 11.8. The zero-order valence-electron chi connectivity index (χ0n) is 19.5. The van der Waals surface area contributed by atoms with Gasteiger partial charge in [0.25, 0.3) is 5.91 Å². The molecule has 4 rings (SSSR count). The Bertz CT molecular complexity index is 1170. The van der Waals surface area contributed by atoms with Crippen LogP contribution in [-0.2, 0) is 13.0 Å². The molecule has 1 amide bonds. The number of benzene rings is 2. The molecule has 0 unspecified atom stereocenters. The smallest absolute Gasteiger partial charge is 0.286 e. The number of unbranched alkanes of at least 4 members (excludes halogenated alkanes) is 2. The summed E-state index contributed by atoms with van der Waals surface area (Å²) >= 11 is 0. The van der Waals surface area contributed by atoms with Gasteiger partial charge in [0.1, 0.15) is 17.3 Å². The van der Waals surface area contributed by atoms with Crippen LogP contribution >= 0.6 is 0 Å². The van der Waals surface area contributed by atoms with Gasteiger partial charge >= 0.3 is 0 Å². The molecule has 7 nitrogen and oxygen atoms in total. The number of ether oxygens (including phenoxy) is 2. The van der Waals surface area contributed by atoms with Crippen molar-refractivity contribution in [2.75, 3.05) is 20.3 Å². The number of carbonyl (C=O) groups is 1. The lowest BCUT2D eigenvalue weighted by Gasteiger charge is -2.11. The van der Waals surface area contributed by atoms with E-state index in [0.717, 1.165) is 67.0 Å². The minimum absolute atomic E-state index is 0.163. The van der Waals surface area contributed by atoms with Crippen LogP contribution in [0.5, 0.6) is 11.5 Å². The molecule has 7 heteroatoms. The maximum Gasteiger partial charge on any atom is 0.286 e. The first-order valence-electron chi connectivity index (χ1n) is 11.8. The number of hydrogen-bond donors (Lipinski definition) is 1. The molecule has 0 saturated carbocycles. The number of nitrogens with zero attached hydrogens (tertiary/aromatic N) is 2. The first-order chi connectivity index (χ1) is 16.7. The molecule has 178 valence electrons. The fourth-order valence-electron chi connectivity index (χ4n) is 3.93. The number of rotatable bonds is 13. The second-order valence-corrected chi connectivity index (χ2v) is 8.09. The van der Waals surface area contributed by atoms with E-state index in [1.54, 1.807) is 19.2 Å². The highest BCUT2D eigenvalue weighted by molar-refractivity contribution is 5.91. The molecule has 2 aromatic carbocycles. The van der Waals surface area contributed by atoms with Crippen molar-refractivity contribution in [2.45, 2.75) is 38.6 Å². The summed E-state index contributed by atoms with van der Waals surface area (Å²) in [4.78, 5) is 16.8. The Hall–Kier alpha value is -3.74. The van der Waals surface area contributed by atoms with E-state index < -0.39 is 0 Å². The van der Waals surface area contributed by atoms with Gasteiger partial charge in [0.15, 0.2) is 5.76 Å². The molecule has 2 heterocycles. The van der Waals surface area contributed by atoms with Gasteiger partial charge in [-0.3, -0.25) is 4.79 Å². The number of nitrogens with one attached hydrogen (secondary N) is 1. The summed E-state index contributed by atoms with van der Waals surface area (Å²) in [6.45, 7) is 2.12. The minimum atomic E-state index is -0.163. The number of furan rings is 1. The van der Waals surface area contributed by atoms with Gasteiger partial charge in [-0.2, -0.15) is 0 Å². The molecule has 4 aromatic rings. The molecule has 0 spiro atoms. The summed E-state index contributed by atoms with van der Waals surface area (Å²) in [5.41, 5.74) is 2.19. The molecule has 34 heavy (non-hydrogen) atoms. The monoisotopic (exact) mass is 461 g/mol. The maximum atomic E-state index is 11.9. The van der Waals surface area contributed by atoms with Crippen molar-refractivity contribution in [3.63, 3.8) is 0 Å². The lowest BCUT2D eigenvalue weighted by Crippen LogP contribution is -2.23. The van der Waals surface area contributed by atoms with Gasteiger partial charge in [0.2, 0.25) is 0 Å². The normalized spacial score (nSPS) is 11.0. The number of amides is 1. The topological polar surface area (TPSA) is 78.5 Å². The SMILES string of the molecule is COc1ccc(OCCCn2c(CCCCCNC(=O)c3ccco3)nc3ccccc32)cc1. The third kappa shape index (κ3) is 6.19. The van der Waals surface area contributed by atoms with E-state index in [2.05, 4.69) is 28.1 Å². The number of methoxy groups -OCH3 is 1. The Morgan fingerprint density at radius 2 is 1.79 bits per heavy atom. The second kappa shape index (κ2) is 11.9. The molecule has 2 aromatic heterocycles. The Morgan fingerprint density at radius 1 is 0.971 bits per heavy atom. The second-order valence-electron chi connectivity index (χ2n) is 8.09. The van der Waals surface area contributed by atoms with E-state index in [9.17, 15) is 4.79 Å². The van der Waals surface area contributed by atoms with Gasteiger partial charge in [-0.1, -0.05) is 18.6 Å². The van der Waals surface area contributed by atoms with Crippen LogP contribution in [0.1, 0.15) is 42.1 Å². The molecule has 0 aliphatic carbocycles. The van der Waals surface area contributed by atoms with Gasteiger partial charge in [-0.05, 0) is 67.8 Å². The van der Waals surface area contributed by atoms with Crippen molar-refractivity contribution in [3.05, 3.63) is 78.5 Å². The van der Waals surface area contributed by atoms with Crippen molar-refractivity contribution in [1.82, 2.24) is 14.9 Å². The summed E-state index contributed by atoms with van der Waals surface area (Å²) in [7, 11) is 1.66. The average molecular weight is 462 g/mol. The highest BCUT2D eigenvalue weighted by Crippen LogP contribution is 2.20. The van der Waals surface area contributed by atoms with Crippen LogP contribution in [0.4, 0.5) is 0 Å². The zero-order chi connectivity index (χ0) is 23.6. The summed E-state index contributed by atoms with van der Waals surface area (Å²) in [6, 6.07) is 19.3. The zero-order valence-corrected chi connectivity index (χ0v) is 19.5. The molecule has 0 aliphatic heterocycles. The van der Waals surface area contributed by atoms with Crippen molar-refractivity contribution >= 4 is 16.9 Å². The van der Waals surface area contributed by atoms with Crippen LogP contribution in [0.3, 0.4) is 0 Å². The van der Waals surface area contributed by atoms with Crippen molar-refractivity contribution in [3.8, 4) is 11.5 Å². The molecule has 0 fully saturated rings. The average Bonchev–Trinajstić information content (AvgIpc) is 3.53. The minimum Gasteiger partial charge on any atom is -0.497 e. The van der Waals surface area contributed by atoms with Crippen LogP contribution in [0.15, 0.2) is 71.3 Å². The number of aromatic nitrogens is 2.